The van der Waals surface area contributed by atoms with Gasteiger partial charge in [-0.15, -0.1) is 0 Å². The van der Waals surface area contributed by atoms with Gasteiger partial charge >= 0.3 is 0 Å². The van der Waals surface area contributed by atoms with Crippen molar-refractivity contribution in [3.63, 3.8) is 0 Å². The van der Waals surface area contributed by atoms with Crippen molar-refractivity contribution in [3.05, 3.63) is 170 Å². The summed E-state index contributed by atoms with van der Waals surface area (Å²) in [4.78, 5) is 0. The highest BCUT2D eigenvalue weighted by atomic mass is 16.3. The highest BCUT2D eigenvalue weighted by Gasteiger charge is 2.17. The Balaban J connectivity index is 1.28. The van der Waals surface area contributed by atoms with Crippen molar-refractivity contribution in [3.8, 4) is 44.5 Å². The van der Waals surface area contributed by atoms with Gasteiger partial charge in [0.15, 0.2) is 0 Å². The van der Waals surface area contributed by atoms with E-state index in [1.165, 1.54) is 0 Å². The molecule has 0 spiro atoms. The van der Waals surface area contributed by atoms with Crippen LogP contribution in [-0.2, 0) is 0 Å². The Morgan fingerprint density at radius 2 is 0.867 bits per heavy atom. The number of fused-ring (bicyclic) bond motifs is 5. The van der Waals surface area contributed by atoms with Crippen LogP contribution in [0.2, 0.25) is 0 Å². The monoisotopic (exact) mass is 583 g/mol. The lowest BCUT2D eigenvalue weighted by Crippen LogP contribution is -1.91. The van der Waals surface area contributed by atoms with Crippen LogP contribution in [0.5, 0.6) is 0 Å². The molecule has 0 fully saturated rings. The fourth-order valence-electron chi connectivity index (χ4n) is 6.18. The third-order valence-electron chi connectivity index (χ3n) is 8.22. The predicted octanol–water partition coefficient (Wildman–Crippen LogP) is 12.6. The molecule has 45 heavy (non-hydrogen) atoms. The minimum Gasteiger partial charge on any atom is -0.456 e. The van der Waals surface area contributed by atoms with Gasteiger partial charge in [0.2, 0.25) is 0 Å². The average molecular weight is 584 g/mol. The molecule has 0 aliphatic carbocycles. The van der Waals surface area contributed by atoms with Crippen molar-refractivity contribution in [2.24, 2.45) is 0 Å². The Bertz CT molecular complexity index is 3080. The maximum Gasteiger partial charge on any atom is 0.135 e. The molecule has 210 valence electrons. The molecule has 0 unspecified atom stereocenters. The lowest BCUT2D eigenvalue weighted by atomic mass is 9.85. The van der Waals surface area contributed by atoms with Crippen molar-refractivity contribution >= 4 is 43.5 Å². The summed E-state index contributed by atoms with van der Waals surface area (Å²) in [5, 5.41) is 3.21. The minimum atomic E-state index is -0.487. The third kappa shape index (κ3) is 4.24. The predicted molar refractivity (Wildman–Crippen MR) is 190 cm³/mol. The fraction of sp³-hybridized carbons (Fsp3) is 0. The van der Waals surface area contributed by atoms with Crippen LogP contribution in [0.4, 0.5) is 0 Å². The Morgan fingerprint density at radius 1 is 0.333 bits per heavy atom. The Kier molecular flexibility index (Phi) is 3.87. The van der Waals surface area contributed by atoms with Gasteiger partial charge in [-0.1, -0.05) is 145 Å². The van der Waals surface area contributed by atoms with E-state index in [0.29, 0.717) is 16.7 Å². The molecule has 0 radical (unpaired) electrons. The molecule has 8 aromatic carbocycles. The van der Waals surface area contributed by atoms with E-state index in [1.807, 2.05) is 78.9 Å². The summed E-state index contributed by atoms with van der Waals surface area (Å²) in [7, 11) is 0. The van der Waals surface area contributed by atoms with E-state index in [0.717, 1.165) is 32.7 Å². The van der Waals surface area contributed by atoms with Gasteiger partial charge in [0.25, 0.3) is 0 Å². The molecule has 1 heteroatoms. The third-order valence-corrected chi connectivity index (χ3v) is 8.22. The largest absolute Gasteiger partial charge is 0.456 e. The van der Waals surface area contributed by atoms with E-state index in [9.17, 15) is 2.74 Å². The second kappa shape index (κ2) is 10.4. The average Bonchev–Trinajstić information content (AvgIpc) is 3.63. The molecule has 0 atom stereocenters. The zero-order valence-electron chi connectivity index (χ0n) is 34.7. The first kappa shape index (κ1) is 16.8. The van der Waals surface area contributed by atoms with Crippen molar-refractivity contribution in [1.82, 2.24) is 0 Å². The normalized spacial score (nSPS) is 15.0. The fourth-order valence-corrected chi connectivity index (χ4v) is 6.18. The molecule has 1 aromatic heterocycles. The van der Waals surface area contributed by atoms with E-state index in [-0.39, 0.29) is 87.0 Å². The van der Waals surface area contributed by atoms with Gasteiger partial charge in [-0.05, 0) is 90.2 Å². The molecule has 9 aromatic rings. The van der Waals surface area contributed by atoms with E-state index >= 15 is 0 Å². The Morgan fingerprint density at radius 3 is 1.58 bits per heavy atom. The van der Waals surface area contributed by atoms with Crippen LogP contribution in [0.15, 0.2) is 174 Å². The van der Waals surface area contributed by atoms with Gasteiger partial charge in [0.1, 0.15) is 11.2 Å². The summed E-state index contributed by atoms with van der Waals surface area (Å²) in [5.41, 5.74) is 3.74. The lowest BCUT2D eigenvalue weighted by molar-refractivity contribution is 0.669. The van der Waals surface area contributed by atoms with Crippen molar-refractivity contribution in [2.75, 3.05) is 0 Å². The molecule has 1 heterocycles. The molecule has 0 saturated heterocycles. The van der Waals surface area contributed by atoms with Gasteiger partial charge in [-0.25, -0.2) is 0 Å². The highest BCUT2D eigenvalue weighted by molar-refractivity contribution is 6.21. The SMILES string of the molecule is [2H]c1c([2H])c(-c2ccccc2)c([2H])c(-c2c3ccccc3c(-c3ccc(-c4c([2H])c([2H])c5oc6c([2H])c([2H])c([2H])c([2H])c6c5c4[2H])cc3)c3ccccc23)c1[2H]. The quantitative estimate of drug-likeness (QED) is 0.188. The molecule has 1 nitrogen and oxygen atoms in total. The molecule has 0 amide bonds. The number of benzene rings is 8. The standard InChI is InChI=1S/C44H28O/c1-2-11-29(12-3-1)32-13-10-14-34(27-32)44-38-18-6-4-16-36(38)43(37-17-5-7-19-39(37)44)31-23-21-30(22-24-31)33-25-26-42-40(28-33)35-15-8-9-20-41(35)45-42/h1-28H/i8D,9D,10D,13D,14D,15D,20D,25D,26D,27D,28D. The molecule has 9 rings (SSSR count). The zero-order chi connectivity index (χ0) is 39.3. The summed E-state index contributed by atoms with van der Waals surface area (Å²) in [6.07, 6.45) is 0. The van der Waals surface area contributed by atoms with Gasteiger partial charge in [0, 0.05) is 10.8 Å². The van der Waals surface area contributed by atoms with E-state index < -0.39 is 18.1 Å². The van der Waals surface area contributed by atoms with Crippen LogP contribution < -0.4 is 0 Å². The van der Waals surface area contributed by atoms with E-state index in [2.05, 4.69) is 0 Å². The van der Waals surface area contributed by atoms with Crippen LogP contribution in [0.25, 0.3) is 88.0 Å². The summed E-state index contributed by atoms with van der Waals surface area (Å²) < 4.78 is 102. The number of para-hydroxylation sites is 1. The maximum absolute atomic E-state index is 9.44. The first-order valence-electron chi connectivity index (χ1n) is 20.0. The second-order valence-corrected chi connectivity index (χ2v) is 10.8. The van der Waals surface area contributed by atoms with Crippen LogP contribution in [0, 0.1) is 0 Å². The van der Waals surface area contributed by atoms with Crippen LogP contribution in [-0.4, -0.2) is 0 Å². The van der Waals surface area contributed by atoms with Gasteiger partial charge in [-0.2, -0.15) is 0 Å². The molecule has 0 aliphatic rings. The molecule has 0 bridgehead atoms. The Hall–Kier alpha value is -5.92. The van der Waals surface area contributed by atoms with Crippen molar-refractivity contribution < 1.29 is 19.5 Å². The summed E-state index contributed by atoms with van der Waals surface area (Å²) in [5.74, 6) is 0. The molecule has 0 aliphatic heterocycles. The summed E-state index contributed by atoms with van der Waals surface area (Å²) >= 11 is 0. The lowest BCUT2D eigenvalue weighted by Gasteiger charge is -2.18. The number of furan rings is 1. The second-order valence-electron chi connectivity index (χ2n) is 10.8. The zero-order valence-corrected chi connectivity index (χ0v) is 23.7. The topological polar surface area (TPSA) is 13.1 Å². The molecular formula is C44H28O. The van der Waals surface area contributed by atoms with Gasteiger partial charge < -0.3 is 4.42 Å². The first-order chi connectivity index (χ1) is 26.9. The molecule has 0 saturated carbocycles. The van der Waals surface area contributed by atoms with Crippen LogP contribution >= 0.6 is 0 Å². The number of hydrogen-bond acceptors (Lipinski definition) is 1. The Labute approximate surface area is 277 Å². The summed E-state index contributed by atoms with van der Waals surface area (Å²) in [6.45, 7) is 0. The molecular weight excluding hydrogens is 544 g/mol. The number of hydrogen-bond donors (Lipinski definition) is 0. The van der Waals surface area contributed by atoms with Gasteiger partial charge in [-0.3, -0.25) is 0 Å². The first-order valence-corrected chi connectivity index (χ1v) is 14.5. The molecule has 0 N–H and O–H groups in total. The summed E-state index contributed by atoms with van der Waals surface area (Å²) in [6, 6.07) is 28.6. The van der Waals surface area contributed by atoms with E-state index in [4.69, 9.17) is 16.8 Å². The van der Waals surface area contributed by atoms with Gasteiger partial charge in [0.05, 0.1) is 15.1 Å². The van der Waals surface area contributed by atoms with Crippen molar-refractivity contribution in [1.29, 1.82) is 0 Å². The van der Waals surface area contributed by atoms with E-state index in [1.54, 1.807) is 24.3 Å². The van der Waals surface area contributed by atoms with Crippen molar-refractivity contribution in [2.45, 2.75) is 0 Å². The number of rotatable bonds is 4. The van der Waals surface area contributed by atoms with Crippen LogP contribution in [0.1, 0.15) is 15.1 Å². The highest BCUT2D eigenvalue weighted by Crippen LogP contribution is 2.44. The van der Waals surface area contributed by atoms with Crippen LogP contribution in [0.3, 0.4) is 0 Å². The maximum atomic E-state index is 9.44. The minimum absolute atomic E-state index is 0.00120. The smallest absolute Gasteiger partial charge is 0.135 e.